The van der Waals surface area contributed by atoms with Crippen LogP contribution >= 0.6 is 11.6 Å². The predicted molar refractivity (Wildman–Crippen MR) is 43.7 cm³/mol. The second kappa shape index (κ2) is 3.63. The van der Waals surface area contributed by atoms with Crippen molar-refractivity contribution in [3.05, 3.63) is 28.8 Å². The van der Waals surface area contributed by atoms with Crippen LogP contribution in [0.3, 0.4) is 0 Å². The number of rotatable bonds is 2. The van der Waals surface area contributed by atoms with Crippen molar-refractivity contribution in [2.45, 2.75) is 12.8 Å². The zero-order valence-electron chi connectivity index (χ0n) is 6.42. The molecule has 1 aromatic rings. The van der Waals surface area contributed by atoms with Gasteiger partial charge in [-0.05, 0) is 6.07 Å². The lowest BCUT2D eigenvalue weighted by atomic mass is 10.1. The summed E-state index contributed by atoms with van der Waals surface area (Å²) < 4.78 is 12.9. The SMILES string of the molecule is CC(C=O)c1cc(Cl)cnc1F. The first kappa shape index (κ1) is 9.13. The Morgan fingerprint density at radius 1 is 1.75 bits per heavy atom. The van der Waals surface area contributed by atoms with E-state index in [9.17, 15) is 9.18 Å². The molecule has 2 nitrogen and oxygen atoms in total. The second-order valence-electron chi connectivity index (χ2n) is 2.46. The van der Waals surface area contributed by atoms with Gasteiger partial charge in [0.05, 0.1) is 5.02 Å². The van der Waals surface area contributed by atoms with E-state index >= 15 is 0 Å². The normalized spacial score (nSPS) is 12.6. The van der Waals surface area contributed by atoms with Crippen LogP contribution in [0.25, 0.3) is 0 Å². The Bertz CT molecular complexity index is 303. The van der Waals surface area contributed by atoms with Crippen LogP contribution in [-0.2, 0) is 4.79 Å². The number of halogens is 2. The molecule has 12 heavy (non-hydrogen) atoms. The predicted octanol–water partition coefficient (Wildman–Crippen LogP) is 2.18. The van der Waals surface area contributed by atoms with Gasteiger partial charge in [-0.2, -0.15) is 4.39 Å². The fraction of sp³-hybridized carbons (Fsp3) is 0.250. The number of nitrogens with zero attached hydrogens (tertiary/aromatic N) is 1. The Hall–Kier alpha value is -0.960. The number of pyridine rings is 1. The average Bonchev–Trinajstić information content (AvgIpc) is 2.08. The molecule has 0 aliphatic heterocycles. The zero-order chi connectivity index (χ0) is 9.14. The van der Waals surface area contributed by atoms with Gasteiger partial charge in [-0.25, -0.2) is 4.98 Å². The molecular formula is C8H7ClFNO. The average molecular weight is 188 g/mol. The lowest BCUT2D eigenvalue weighted by molar-refractivity contribution is -0.108. The van der Waals surface area contributed by atoms with E-state index in [0.717, 1.165) is 0 Å². The van der Waals surface area contributed by atoms with Gasteiger partial charge in [0.2, 0.25) is 5.95 Å². The van der Waals surface area contributed by atoms with E-state index < -0.39 is 11.9 Å². The van der Waals surface area contributed by atoms with E-state index in [0.29, 0.717) is 11.3 Å². The van der Waals surface area contributed by atoms with E-state index in [4.69, 9.17) is 11.6 Å². The molecule has 0 bridgehead atoms. The maximum atomic E-state index is 12.9. The van der Waals surface area contributed by atoms with Gasteiger partial charge >= 0.3 is 0 Å². The molecule has 64 valence electrons. The van der Waals surface area contributed by atoms with Crippen LogP contribution in [0.2, 0.25) is 5.02 Å². The van der Waals surface area contributed by atoms with Crippen molar-refractivity contribution in [2.24, 2.45) is 0 Å². The van der Waals surface area contributed by atoms with E-state index in [-0.39, 0.29) is 5.56 Å². The van der Waals surface area contributed by atoms with Gasteiger partial charge in [-0.3, -0.25) is 0 Å². The smallest absolute Gasteiger partial charge is 0.216 e. The van der Waals surface area contributed by atoms with E-state index in [1.807, 2.05) is 0 Å². The lowest BCUT2D eigenvalue weighted by Gasteiger charge is -2.04. The maximum Gasteiger partial charge on any atom is 0.216 e. The number of hydrogen-bond acceptors (Lipinski definition) is 2. The van der Waals surface area contributed by atoms with Gasteiger partial charge in [0.15, 0.2) is 0 Å². The van der Waals surface area contributed by atoms with Gasteiger partial charge in [0, 0.05) is 17.7 Å². The van der Waals surface area contributed by atoms with Crippen LogP contribution in [0.4, 0.5) is 4.39 Å². The highest BCUT2D eigenvalue weighted by Crippen LogP contribution is 2.19. The van der Waals surface area contributed by atoms with Crippen molar-refractivity contribution in [1.82, 2.24) is 4.98 Å². The molecule has 0 spiro atoms. The van der Waals surface area contributed by atoms with Crippen molar-refractivity contribution in [3.63, 3.8) is 0 Å². The van der Waals surface area contributed by atoms with Crippen LogP contribution in [0.5, 0.6) is 0 Å². The Balaban J connectivity index is 3.12. The number of carbonyl (C=O) groups excluding carboxylic acids is 1. The van der Waals surface area contributed by atoms with Gasteiger partial charge in [-0.15, -0.1) is 0 Å². The quantitative estimate of drug-likeness (QED) is 0.525. The highest BCUT2D eigenvalue weighted by molar-refractivity contribution is 6.30. The number of aromatic nitrogens is 1. The monoisotopic (exact) mass is 187 g/mol. The van der Waals surface area contributed by atoms with E-state index in [2.05, 4.69) is 4.98 Å². The fourth-order valence-electron chi connectivity index (χ4n) is 0.831. The molecule has 0 fully saturated rings. The van der Waals surface area contributed by atoms with Crippen molar-refractivity contribution < 1.29 is 9.18 Å². The third kappa shape index (κ3) is 1.80. The summed E-state index contributed by atoms with van der Waals surface area (Å²) in [6.45, 7) is 1.59. The lowest BCUT2D eigenvalue weighted by Crippen LogP contribution is -2.00. The molecule has 1 aromatic heterocycles. The standard InChI is InChI=1S/C8H7ClFNO/c1-5(4-12)7-2-6(9)3-11-8(7)10/h2-5H,1H3. The number of carbonyl (C=O) groups is 1. The summed E-state index contributed by atoms with van der Waals surface area (Å²) in [5, 5.41) is 0.333. The topological polar surface area (TPSA) is 30.0 Å². The second-order valence-corrected chi connectivity index (χ2v) is 2.89. The first-order valence-corrected chi connectivity index (χ1v) is 3.79. The molecule has 0 aliphatic rings. The number of aldehydes is 1. The van der Waals surface area contributed by atoms with Crippen LogP contribution in [0.1, 0.15) is 18.4 Å². The summed E-state index contributed by atoms with van der Waals surface area (Å²) in [6.07, 6.45) is 1.86. The maximum absolute atomic E-state index is 12.9. The fourth-order valence-corrected chi connectivity index (χ4v) is 0.997. The van der Waals surface area contributed by atoms with Crippen LogP contribution in [0.15, 0.2) is 12.3 Å². The first-order chi connectivity index (χ1) is 5.65. The van der Waals surface area contributed by atoms with Gasteiger partial charge < -0.3 is 4.79 Å². The molecule has 0 radical (unpaired) electrons. The largest absolute Gasteiger partial charge is 0.303 e. The molecule has 1 unspecified atom stereocenters. The van der Waals surface area contributed by atoms with Crippen LogP contribution in [-0.4, -0.2) is 11.3 Å². The van der Waals surface area contributed by atoms with Crippen LogP contribution in [0, 0.1) is 5.95 Å². The molecule has 4 heteroatoms. The molecule has 1 heterocycles. The molecule has 0 saturated heterocycles. The van der Waals surface area contributed by atoms with E-state index in [1.54, 1.807) is 6.92 Å². The van der Waals surface area contributed by atoms with Gasteiger partial charge in [0.1, 0.15) is 6.29 Å². The molecule has 1 atom stereocenters. The molecule has 0 saturated carbocycles. The van der Waals surface area contributed by atoms with Crippen molar-refractivity contribution in [3.8, 4) is 0 Å². The third-order valence-electron chi connectivity index (χ3n) is 1.53. The van der Waals surface area contributed by atoms with Gasteiger partial charge in [-0.1, -0.05) is 18.5 Å². The molecule has 0 N–H and O–H groups in total. The zero-order valence-corrected chi connectivity index (χ0v) is 7.18. The summed E-state index contributed by atoms with van der Waals surface area (Å²) in [5.41, 5.74) is 0.234. The summed E-state index contributed by atoms with van der Waals surface area (Å²) >= 11 is 5.57. The highest BCUT2D eigenvalue weighted by Gasteiger charge is 2.11. The minimum atomic E-state index is -0.640. The Labute approximate surface area is 74.4 Å². The van der Waals surface area contributed by atoms with Crippen LogP contribution < -0.4 is 0 Å². The summed E-state index contributed by atoms with van der Waals surface area (Å²) in [4.78, 5) is 13.7. The molecule has 0 aliphatic carbocycles. The van der Waals surface area contributed by atoms with Gasteiger partial charge in [0.25, 0.3) is 0 Å². The Morgan fingerprint density at radius 2 is 2.42 bits per heavy atom. The van der Waals surface area contributed by atoms with Crippen molar-refractivity contribution in [2.75, 3.05) is 0 Å². The molecule has 0 aromatic carbocycles. The van der Waals surface area contributed by atoms with Crippen molar-refractivity contribution >= 4 is 17.9 Å². The summed E-state index contributed by atoms with van der Waals surface area (Å²) in [5.74, 6) is -1.14. The Kier molecular flexibility index (Phi) is 2.76. The highest BCUT2D eigenvalue weighted by atomic mass is 35.5. The molecule has 1 rings (SSSR count). The summed E-state index contributed by atoms with van der Waals surface area (Å²) in [7, 11) is 0. The molecule has 0 amide bonds. The summed E-state index contributed by atoms with van der Waals surface area (Å²) in [6, 6.07) is 1.41. The minimum absolute atomic E-state index is 0.234. The Morgan fingerprint density at radius 3 is 3.00 bits per heavy atom. The number of hydrogen-bond donors (Lipinski definition) is 0. The minimum Gasteiger partial charge on any atom is -0.303 e. The molecular weight excluding hydrogens is 181 g/mol. The third-order valence-corrected chi connectivity index (χ3v) is 1.73. The van der Waals surface area contributed by atoms with Crippen molar-refractivity contribution in [1.29, 1.82) is 0 Å². The van der Waals surface area contributed by atoms with E-state index in [1.165, 1.54) is 12.3 Å². The first-order valence-electron chi connectivity index (χ1n) is 3.41.